The Morgan fingerprint density at radius 3 is 2.29 bits per heavy atom. The van der Waals surface area contributed by atoms with E-state index in [1.807, 2.05) is 0 Å². The molecule has 1 heterocycles. The third-order valence-electron chi connectivity index (χ3n) is 3.09. The van der Waals surface area contributed by atoms with E-state index in [0.29, 0.717) is 5.92 Å². The SMILES string of the molecule is CC/C(C(C)=O)=C(/C)C1CCOCC1. The zero-order chi connectivity index (χ0) is 10.6. The van der Waals surface area contributed by atoms with Crippen molar-refractivity contribution in [3.05, 3.63) is 11.1 Å². The number of rotatable bonds is 3. The van der Waals surface area contributed by atoms with Crippen LogP contribution in [0.1, 0.15) is 40.0 Å². The van der Waals surface area contributed by atoms with Crippen LogP contribution in [0.25, 0.3) is 0 Å². The van der Waals surface area contributed by atoms with Crippen LogP contribution in [-0.2, 0) is 9.53 Å². The van der Waals surface area contributed by atoms with Crippen molar-refractivity contribution in [2.45, 2.75) is 40.0 Å². The van der Waals surface area contributed by atoms with Gasteiger partial charge in [-0.25, -0.2) is 0 Å². The van der Waals surface area contributed by atoms with Gasteiger partial charge in [0.25, 0.3) is 0 Å². The lowest BCUT2D eigenvalue weighted by atomic mass is 9.87. The van der Waals surface area contributed by atoms with Gasteiger partial charge in [-0.2, -0.15) is 0 Å². The Bertz CT molecular complexity index is 235. The van der Waals surface area contributed by atoms with E-state index >= 15 is 0 Å². The molecule has 1 saturated heterocycles. The maximum absolute atomic E-state index is 11.4. The van der Waals surface area contributed by atoms with Crippen molar-refractivity contribution in [1.29, 1.82) is 0 Å². The first-order valence-corrected chi connectivity index (χ1v) is 5.45. The van der Waals surface area contributed by atoms with Crippen LogP contribution >= 0.6 is 0 Å². The summed E-state index contributed by atoms with van der Waals surface area (Å²) in [6.07, 6.45) is 3.00. The second-order valence-corrected chi connectivity index (χ2v) is 3.96. The molecule has 1 aliphatic rings. The minimum Gasteiger partial charge on any atom is -0.381 e. The van der Waals surface area contributed by atoms with Crippen LogP contribution in [-0.4, -0.2) is 19.0 Å². The number of hydrogen-bond donors (Lipinski definition) is 0. The van der Waals surface area contributed by atoms with E-state index < -0.39 is 0 Å². The molecular weight excluding hydrogens is 176 g/mol. The van der Waals surface area contributed by atoms with Gasteiger partial charge in [0.15, 0.2) is 5.78 Å². The van der Waals surface area contributed by atoms with Crippen molar-refractivity contribution in [3.8, 4) is 0 Å². The fourth-order valence-corrected chi connectivity index (χ4v) is 2.18. The highest BCUT2D eigenvalue weighted by molar-refractivity contribution is 5.93. The highest BCUT2D eigenvalue weighted by Gasteiger charge is 2.18. The molecule has 14 heavy (non-hydrogen) atoms. The van der Waals surface area contributed by atoms with Crippen LogP contribution in [0.15, 0.2) is 11.1 Å². The Kier molecular flexibility index (Phi) is 4.33. The van der Waals surface area contributed by atoms with Gasteiger partial charge in [0.1, 0.15) is 0 Å². The molecular formula is C12H20O2. The van der Waals surface area contributed by atoms with Crippen LogP contribution in [0.2, 0.25) is 0 Å². The number of hydrogen-bond acceptors (Lipinski definition) is 2. The van der Waals surface area contributed by atoms with Crippen LogP contribution < -0.4 is 0 Å². The van der Waals surface area contributed by atoms with E-state index in [1.165, 1.54) is 5.57 Å². The summed E-state index contributed by atoms with van der Waals surface area (Å²) in [4.78, 5) is 11.4. The molecule has 1 rings (SSSR count). The molecule has 1 aliphatic heterocycles. The zero-order valence-electron chi connectivity index (χ0n) is 9.43. The summed E-state index contributed by atoms with van der Waals surface area (Å²) >= 11 is 0. The molecule has 0 aromatic rings. The summed E-state index contributed by atoms with van der Waals surface area (Å²) in [5.41, 5.74) is 2.32. The predicted molar refractivity (Wildman–Crippen MR) is 57.2 cm³/mol. The van der Waals surface area contributed by atoms with Crippen molar-refractivity contribution in [2.24, 2.45) is 5.92 Å². The molecule has 0 N–H and O–H groups in total. The fourth-order valence-electron chi connectivity index (χ4n) is 2.18. The second kappa shape index (κ2) is 5.30. The van der Waals surface area contributed by atoms with E-state index in [-0.39, 0.29) is 5.78 Å². The molecule has 2 nitrogen and oxygen atoms in total. The Balaban J connectivity index is 2.76. The lowest BCUT2D eigenvalue weighted by Crippen LogP contribution is -2.18. The van der Waals surface area contributed by atoms with Gasteiger partial charge in [-0.1, -0.05) is 12.5 Å². The van der Waals surface area contributed by atoms with E-state index in [2.05, 4.69) is 13.8 Å². The Hall–Kier alpha value is -0.630. The maximum atomic E-state index is 11.4. The fraction of sp³-hybridized carbons (Fsp3) is 0.750. The number of ether oxygens (including phenoxy) is 1. The Morgan fingerprint density at radius 2 is 1.86 bits per heavy atom. The topological polar surface area (TPSA) is 26.3 Å². The lowest BCUT2D eigenvalue weighted by Gasteiger charge is -2.24. The first-order chi connectivity index (χ1) is 6.66. The molecule has 0 saturated carbocycles. The van der Waals surface area contributed by atoms with Gasteiger partial charge in [-0.3, -0.25) is 4.79 Å². The first-order valence-electron chi connectivity index (χ1n) is 5.45. The van der Waals surface area contributed by atoms with Gasteiger partial charge >= 0.3 is 0 Å². The Labute approximate surface area is 86.3 Å². The van der Waals surface area contributed by atoms with Gasteiger partial charge in [0.2, 0.25) is 0 Å². The molecule has 0 unspecified atom stereocenters. The van der Waals surface area contributed by atoms with Crippen LogP contribution in [0, 0.1) is 5.92 Å². The molecule has 80 valence electrons. The number of allylic oxidation sites excluding steroid dienone is 2. The minimum absolute atomic E-state index is 0.233. The summed E-state index contributed by atoms with van der Waals surface area (Å²) in [6.45, 7) is 7.52. The molecule has 0 aromatic heterocycles. The summed E-state index contributed by atoms with van der Waals surface area (Å²) in [6, 6.07) is 0. The van der Waals surface area contributed by atoms with Crippen LogP contribution in [0.5, 0.6) is 0 Å². The minimum atomic E-state index is 0.233. The average Bonchev–Trinajstić information content (AvgIpc) is 2.19. The van der Waals surface area contributed by atoms with E-state index in [0.717, 1.165) is 38.0 Å². The third kappa shape index (κ3) is 2.68. The predicted octanol–water partition coefficient (Wildman–Crippen LogP) is 2.73. The molecule has 0 bridgehead atoms. The number of carbonyl (C=O) groups excluding carboxylic acids is 1. The summed E-state index contributed by atoms with van der Waals surface area (Å²) in [5, 5.41) is 0. The third-order valence-corrected chi connectivity index (χ3v) is 3.09. The van der Waals surface area contributed by atoms with Crippen molar-refractivity contribution < 1.29 is 9.53 Å². The highest BCUT2D eigenvalue weighted by Crippen LogP contribution is 2.26. The quantitative estimate of drug-likeness (QED) is 0.649. The van der Waals surface area contributed by atoms with Crippen molar-refractivity contribution in [3.63, 3.8) is 0 Å². The van der Waals surface area contributed by atoms with Gasteiger partial charge in [-0.15, -0.1) is 0 Å². The monoisotopic (exact) mass is 196 g/mol. The van der Waals surface area contributed by atoms with Crippen molar-refractivity contribution in [1.82, 2.24) is 0 Å². The summed E-state index contributed by atoms with van der Waals surface area (Å²) in [5.74, 6) is 0.805. The molecule has 0 amide bonds. The van der Waals surface area contributed by atoms with E-state index in [9.17, 15) is 4.79 Å². The van der Waals surface area contributed by atoms with Crippen molar-refractivity contribution in [2.75, 3.05) is 13.2 Å². The number of Topliss-reactive ketones (excluding diaryl/α,β-unsaturated/α-hetero) is 1. The number of ketones is 1. The lowest BCUT2D eigenvalue weighted by molar-refractivity contribution is -0.113. The number of carbonyl (C=O) groups is 1. The smallest absolute Gasteiger partial charge is 0.155 e. The maximum Gasteiger partial charge on any atom is 0.155 e. The van der Waals surface area contributed by atoms with Crippen molar-refractivity contribution >= 4 is 5.78 Å². The van der Waals surface area contributed by atoms with Gasteiger partial charge < -0.3 is 4.74 Å². The van der Waals surface area contributed by atoms with Crippen LogP contribution in [0.3, 0.4) is 0 Å². The highest BCUT2D eigenvalue weighted by atomic mass is 16.5. The molecule has 2 heteroatoms. The molecule has 0 radical (unpaired) electrons. The largest absolute Gasteiger partial charge is 0.381 e. The Morgan fingerprint density at radius 1 is 1.29 bits per heavy atom. The zero-order valence-corrected chi connectivity index (χ0v) is 9.43. The summed E-state index contributed by atoms with van der Waals surface area (Å²) < 4.78 is 5.32. The molecule has 0 aliphatic carbocycles. The standard InChI is InChI=1S/C12H20O2/c1-4-12(10(3)13)9(2)11-5-7-14-8-6-11/h11H,4-8H2,1-3H3/b12-9+. The van der Waals surface area contributed by atoms with Gasteiger partial charge in [0.05, 0.1) is 0 Å². The normalized spacial score (nSPS) is 20.5. The van der Waals surface area contributed by atoms with Crippen LogP contribution in [0.4, 0.5) is 0 Å². The molecule has 1 fully saturated rings. The molecule has 0 aromatic carbocycles. The van der Waals surface area contributed by atoms with Gasteiger partial charge in [-0.05, 0) is 44.6 Å². The average molecular weight is 196 g/mol. The van der Waals surface area contributed by atoms with Gasteiger partial charge in [0, 0.05) is 13.2 Å². The van der Waals surface area contributed by atoms with E-state index in [1.54, 1.807) is 6.92 Å². The molecule has 0 spiro atoms. The van der Waals surface area contributed by atoms with E-state index in [4.69, 9.17) is 4.74 Å². The first kappa shape index (κ1) is 11.4. The molecule has 0 atom stereocenters. The summed E-state index contributed by atoms with van der Waals surface area (Å²) in [7, 11) is 0. The second-order valence-electron chi connectivity index (χ2n) is 3.96.